The minimum atomic E-state index is -0.0797. The molecule has 1 aromatic heterocycles. The second-order valence-electron chi connectivity index (χ2n) is 12.6. The molecule has 0 N–H and O–H groups in total. The van der Waals surface area contributed by atoms with Crippen molar-refractivity contribution >= 4 is 32.6 Å². The monoisotopic (exact) mass is 561 g/mol. The van der Waals surface area contributed by atoms with Crippen molar-refractivity contribution in [3.63, 3.8) is 0 Å². The van der Waals surface area contributed by atoms with Crippen LogP contribution in [0.2, 0.25) is 0 Å². The van der Waals surface area contributed by atoms with Crippen LogP contribution in [0.5, 0.6) is 0 Å². The lowest BCUT2D eigenvalue weighted by atomic mass is 9.80. The standard InChI is InChI=1S/C43H31N/c1-43(2)39-19-11-9-17-34(39)36-22-21-30-26-38-35-18-10-12-20-40(35)44(41(38)27-37(30)42(36)43)33-24-31(28-13-5-3-6-14-28)23-32(25-33)29-15-7-4-8-16-29/h3-27H,1-2H3. The van der Waals surface area contributed by atoms with Gasteiger partial charge in [0.15, 0.2) is 0 Å². The van der Waals surface area contributed by atoms with Gasteiger partial charge in [-0.05, 0) is 91.7 Å². The second-order valence-corrected chi connectivity index (χ2v) is 12.6. The zero-order chi connectivity index (χ0) is 29.4. The molecular weight excluding hydrogens is 530 g/mol. The van der Waals surface area contributed by atoms with E-state index in [1.807, 2.05) is 0 Å². The van der Waals surface area contributed by atoms with Crippen LogP contribution in [-0.4, -0.2) is 4.57 Å². The van der Waals surface area contributed by atoms with Gasteiger partial charge in [0.05, 0.1) is 11.0 Å². The highest BCUT2D eigenvalue weighted by Gasteiger charge is 2.36. The predicted molar refractivity (Wildman–Crippen MR) is 187 cm³/mol. The Kier molecular flexibility index (Phi) is 5.31. The van der Waals surface area contributed by atoms with Gasteiger partial charge in [0, 0.05) is 21.9 Å². The van der Waals surface area contributed by atoms with Gasteiger partial charge in [-0.2, -0.15) is 0 Å². The molecule has 1 nitrogen and oxygen atoms in total. The molecule has 0 atom stereocenters. The number of para-hydroxylation sites is 1. The zero-order valence-electron chi connectivity index (χ0n) is 24.9. The van der Waals surface area contributed by atoms with Gasteiger partial charge in [-0.1, -0.05) is 129 Å². The molecule has 0 fully saturated rings. The Morgan fingerprint density at radius 3 is 1.80 bits per heavy atom. The second kappa shape index (κ2) is 9.30. The Bertz CT molecular complexity index is 2330. The summed E-state index contributed by atoms with van der Waals surface area (Å²) in [5.41, 5.74) is 14.0. The molecule has 1 aliphatic rings. The predicted octanol–water partition coefficient (Wildman–Crippen LogP) is 11.6. The summed E-state index contributed by atoms with van der Waals surface area (Å²) in [5, 5.41) is 5.19. The Labute approximate surface area is 257 Å². The van der Waals surface area contributed by atoms with Crippen LogP contribution in [0, 0.1) is 0 Å². The number of hydrogen-bond acceptors (Lipinski definition) is 0. The highest BCUT2D eigenvalue weighted by molar-refractivity contribution is 6.15. The fraction of sp³-hybridized carbons (Fsp3) is 0.0698. The van der Waals surface area contributed by atoms with Crippen LogP contribution in [0.3, 0.4) is 0 Å². The van der Waals surface area contributed by atoms with Crippen LogP contribution in [0.15, 0.2) is 152 Å². The molecule has 1 heteroatoms. The van der Waals surface area contributed by atoms with Gasteiger partial charge in [-0.25, -0.2) is 0 Å². The molecule has 7 aromatic carbocycles. The molecule has 0 spiro atoms. The largest absolute Gasteiger partial charge is 0.309 e. The van der Waals surface area contributed by atoms with E-state index in [1.54, 1.807) is 0 Å². The van der Waals surface area contributed by atoms with Crippen LogP contribution in [-0.2, 0) is 5.41 Å². The summed E-state index contributed by atoms with van der Waals surface area (Å²) < 4.78 is 2.48. The third kappa shape index (κ3) is 3.59. The van der Waals surface area contributed by atoms with E-state index in [4.69, 9.17) is 0 Å². The quantitative estimate of drug-likeness (QED) is 0.202. The number of hydrogen-bond donors (Lipinski definition) is 0. The van der Waals surface area contributed by atoms with Crippen molar-refractivity contribution in [2.45, 2.75) is 19.3 Å². The molecule has 0 radical (unpaired) electrons. The van der Waals surface area contributed by atoms with Gasteiger partial charge in [0.2, 0.25) is 0 Å². The summed E-state index contributed by atoms with van der Waals surface area (Å²) in [6, 6.07) is 55.8. The first-order valence-electron chi connectivity index (χ1n) is 15.4. The molecular formula is C43H31N. The average molecular weight is 562 g/mol. The summed E-state index contributed by atoms with van der Waals surface area (Å²) in [5.74, 6) is 0. The number of fused-ring (bicyclic) bond motifs is 8. The fourth-order valence-corrected chi connectivity index (χ4v) is 7.70. The third-order valence-electron chi connectivity index (χ3n) is 9.72. The SMILES string of the molecule is CC1(C)c2ccccc2-c2ccc3cc4c5ccccc5n(-c5cc(-c6ccccc6)cc(-c6ccccc6)c5)c4cc3c21. The van der Waals surface area contributed by atoms with E-state index in [0.29, 0.717) is 0 Å². The average Bonchev–Trinajstić information content (AvgIpc) is 3.52. The minimum absolute atomic E-state index is 0.0797. The Morgan fingerprint density at radius 1 is 0.432 bits per heavy atom. The molecule has 0 bridgehead atoms. The highest BCUT2D eigenvalue weighted by Crippen LogP contribution is 2.52. The maximum atomic E-state index is 2.48. The molecule has 44 heavy (non-hydrogen) atoms. The van der Waals surface area contributed by atoms with Crippen LogP contribution in [0.1, 0.15) is 25.0 Å². The smallest absolute Gasteiger partial charge is 0.0547 e. The molecule has 8 aromatic rings. The first-order valence-corrected chi connectivity index (χ1v) is 15.4. The maximum Gasteiger partial charge on any atom is 0.0547 e. The van der Waals surface area contributed by atoms with E-state index >= 15 is 0 Å². The fourth-order valence-electron chi connectivity index (χ4n) is 7.70. The van der Waals surface area contributed by atoms with Gasteiger partial charge in [-0.3, -0.25) is 0 Å². The first-order chi connectivity index (χ1) is 21.6. The Hall–Kier alpha value is -5.40. The van der Waals surface area contributed by atoms with E-state index in [0.717, 1.165) is 0 Å². The topological polar surface area (TPSA) is 4.93 Å². The van der Waals surface area contributed by atoms with E-state index in [-0.39, 0.29) is 5.41 Å². The maximum absolute atomic E-state index is 2.48. The zero-order valence-corrected chi connectivity index (χ0v) is 24.9. The summed E-state index contributed by atoms with van der Waals surface area (Å²) in [4.78, 5) is 0. The number of benzene rings is 7. The molecule has 0 saturated carbocycles. The number of rotatable bonds is 3. The lowest BCUT2D eigenvalue weighted by Crippen LogP contribution is -2.15. The lowest BCUT2D eigenvalue weighted by molar-refractivity contribution is 0.666. The molecule has 0 saturated heterocycles. The summed E-state index contributed by atoms with van der Waals surface area (Å²) in [6.45, 7) is 4.76. The molecule has 0 unspecified atom stereocenters. The lowest BCUT2D eigenvalue weighted by Gasteiger charge is -2.23. The highest BCUT2D eigenvalue weighted by atomic mass is 15.0. The van der Waals surface area contributed by atoms with Gasteiger partial charge in [-0.15, -0.1) is 0 Å². The van der Waals surface area contributed by atoms with E-state index in [2.05, 4.69) is 170 Å². The van der Waals surface area contributed by atoms with Gasteiger partial charge < -0.3 is 4.57 Å². The van der Waals surface area contributed by atoms with Gasteiger partial charge in [0.25, 0.3) is 0 Å². The van der Waals surface area contributed by atoms with Crippen molar-refractivity contribution in [1.29, 1.82) is 0 Å². The van der Waals surface area contributed by atoms with Crippen molar-refractivity contribution in [1.82, 2.24) is 4.57 Å². The molecule has 1 heterocycles. The Morgan fingerprint density at radius 2 is 1.07 bits per heavy atom. The van der Waals surface area contributed by atoms with Crippen molar-refractivity contribution in [2.75, 3.05) is 0 Å². The van der Waals surface area contributed by atoms with Crippen molar-refractivity contribution in [3.05, 3.63) is 163 Å². The van der Waals surface area contributed by atoms with Gasteiger partial charge in [0.1, 0.15) is 0 Å². The van der Waals surface area contributed by atoms with Gasteiger partial charge >= 0.3 is 0 Å². The molecule has 1 aliphatic carbocycles. The summed E-state index contributed by atoms with van der Waals surface area (Å²) in [7, 11) is 0. The summed E-state index contributed by atoms with van der Waals surface area (Å²) >= 11 is 0. The van der Waals surface area contributed by atoms with E-state index in [9.17, 15) is 0 Å². The third-order valence-corrected chi connectivity index (χ3v) is 9.72. The van der Waals surface area contributed by atoms with Crippen LogP contribution < -0.4 is 0 Å². The molecule has 208 valence electrons. The van der Waals surface area contributed by atoms with Crippen LogP contribution in [0.25, 0.3) is 71.6 Å². The van der Waals surface area contributed by atoms with Crippen molar-refractivity contribution < 1.29 is 0 Å². The van der Waals surface area contributed by atoms with Crippen LogP contribution >= 0.6 is 0 Å². The van der Waals surface area contributed by atoms with E-state index in [1.165, 1.54) is 82.8 Å². The minimum Gasteiger partial charge on any atom is -0.309 e. The number of nitrogens with zero attached hydrogens (tertiary/aromatic N) is 1. The molecule has 9 rings (SSSR count). The summed E-state index contributed by atoms with van der Waals surface area (Å²) in [6.07, 6.45) is 0. The van der Waals surface area contributed by atoms with Crippen molar-refractivity contribution in [3.8, 4) is 39.1 Å². The first kappa shape index (κ1) is 25.1. The Balaban J connectivity index is 1.38. The number of aromatic nitrogens is 1. The van der Waals surface area contributed by atoms with E-state index < -0.39 is 0 Å². The molecule has 0 aliphatic heterocycles. The van der Waals surface area contributed by atoms with Crippen LogP contribution in [0.4, 0.5) is 0 Å². The molecule has 0 amide bonds. The normalized spacial score (nSPS) is 13.4. The van der Waals surface area contributed by atoms with Crippen molar-refractivity contribution in [2.24, 2.45) is 0 Å².